The number of rotatable bonds is 2. The van der Waals surface area contributed by atoms with Gasteiger partial charge in [-0.3, -0.25) is 0 Å². The summed E-state index contributed by atoms with van der Waals surface area (Å²) < 4.78 is 11.5. The molecule has 15 heavy (non-hydrogen) atoms. The fourth-order valence-electron chi connectivity index (χ4n) is 2.34. The van der Waals surface area contributed by atoms with E-state index >= 15 is 0 Å². The van der Waals surface area contributed by atoms with Crippen molar-refractivity contribution >= 4 is 0 Å². The van der Waals surface area contributed by atoms with Crippen molar-refractivity contribution in [3.63, 3.8) is 0 Å². The maximum atomic E-state index is 5.93. The summed E-state index contributed by atoms with van der Waals surface area (Å²) in [6.07, 6.45) is 4.84. The van der Waals surface area contributed by atoms with E-state index in [0.29, 0.717) is 0 Å². The Balaban J connectivity index is 1.62. The van der Waals surface area contributed by atoms with Crippen molar-refractivity contribution in [2.75, 3.05) is 6.61 Å². The molecule has 2 atom stereocenters. The predicted molar refractivity (Wildman–Crippen MR) is 57.6 cm³/mol. The molecule has 0 aromatic heterocycles. The molecule has 0 saturated carbocycles. The third-order valence-electron chi connectivity index (χ3n) is 3.26. The molecule has 2 heteroatoms. The van der Waals surface area contributed by atoms with E-state index in [1.165, 1.54) is 24.0 Å². The molecule has 1 saturated heterocycles. The molecule has 0 amide bonds. The zero-order valence-electron chi connectivity index (χ0n) is 8.82. The molecule has 80 valence electrons. The van der Waals surface area contributed by atoms with E-state index in [1.54, 1.807) is 0 Å². The van der Waals surface area contributed by atoms with Crippen LogP contribution in [0, 0.1) is 0 Å². The van der Waals surface area contributed by atoms with Crippen molar-refractivity contribution in [3.05, 3.63) is 35.4 Å². The lowest BCUT2D eigenvalue weighted by molar-refractivity contribution is -0.194. The van der Waals surface area contributed by atoms with Crippen LogP contribution in [0.25, 0.3) is 0 Å². The molecular weight excluding hydrogens is 188 g/mol. The summed E-state index contributed by atoms with van der Waals surface area (Å²) in [5, 5.41) is 0. The van der Waals surface area contributed by atoms with Crippen molar-refractivity contribution in [2.24, 2.45) is 0 Å². The van der Waals surface area contributed by atoms with Gasteiger partial charge in [-0.25, -0.2) is 0 Å². The summed E-state index contributed by atoms with van der Waals surface area (Å²) in [6.45, 7) is 0.860. The van der Waals surface area contributed by atoms with Crippen LogP contribution in [-0.4, -0.2) is 12.9 Å². The zero-order chi connectivity index (χ0) is 10.1. The van der Waals surface area contributed by atoms with E-state index in [0.717, 1.165) is 19.4 Å². The second kappa shape index (κ2) is 3.95. The summed E-state index contributed by atoms with van der Waals surface area (Å²) in [4.78, 5) is 0. The monoisotopic (exact) mass is 204 g/mol. The number of hydrogen-bond donors (Lipinski definition) is 0. The molecule has 2 nitrogen and oxygen atoms in total. The quantitative estimate of drug-likeness (QED) is 0.737. The lowest BCUT2D eigenvalue weighted by Gasteiger charge is -2.34. The summed E-state index contributed by atoms with van der Waals surface area (Å²) in [7, 11) is 0. The average molecular weight is 204 g/mol. The predicted octanol–water partition coefficient (Wildman–Crippen LogP) is 2.83. The molecule has 3 rings (SSSR count). The molecule has 1 unspecified atom stereocenters. The first kappa shape index (κ1) is 9.37. The van der Waals surface area contributed by atoms with Gasteiger partial charge in [-0.15, -0.1) is 0 Å². The Morgan fingerprint density at radius 2 is 2.13 bits per heavy atom. The van der Waals surface area contributed by atoms with Crippen molar-refractivity contribution < 1.29 is 9.47 Å². The topological polar surface area (TPSA) is 18.5 Å². The van der Waals surface area contributed by atoms with Crippen LogP contribution in [0.15, 0.2) is 24.3 Å². The highest BCUT2D eigenvalue weighted by atomic mass is 16.7. The third kappa shape index (κ3) is 1.80. The highest BCUT2D eigenvalue weighted by Gasteiger charge is 2.29. The first-order valence-electron chi connectivity index (χ1n) is 5.78. The largest absolute Gasteiger partial charge is 0.353 e. The maximum absolute atomic E-state index is 5.93. The first-order valence-corrected chi connectivity index (χ1v) is 5.78. The number of benzene rings is 1. The molecule has 0 radical (unpaired) electrons. The van der Waals surface area contributed by atoms with Crippen molar-refractivity contribution in [3.8, 4) is 0 Å². The third-order valence-corrected chi connectivity index (χ3v) is 3.26. The van der Waals surface area contributed by atoms with Crippen LogP contribution < -0.4 is 0 Å². The first-order chi connectivity index (χ1) is 7.43. The van der Waals surface area contributed by atoms with Gasteiger partial charge in [0.25, 0.3) is 0 Å². The van der Waals surface area contributed by atoms with Crippen molar-refractivity contribution in [1.29, 1.82) is 0 Å². The van der Waals surface area contributed by atoms with E-state index in [4.69, 9.17) is 9.47 Å². The normalized spacial score (nSPS) is 29.3. The van der Waals surface area contributed by atoms with Crippen molar-refractivity contribution in [1.82, 2.24) is 0 Å². The minimum Gasteiger partial charge on any atom is -0.353 e. The molecular formula is C13H16O2. The minimum absolute atomic E-state index is 0.0390. The lowest BCUT2D eigenvalue weighted by Crippen LogP contribution is -2.29. The number of ether oxygens (including phenoxy) is 2. The van der Waals surface area contributed by atoms with Gasteiger partial charge in [0.05, 0.1) is 6.10 Å². The molecule has 1 aliphatic heterocycles. The number of hydrogen-bond acceptors (Lipinski definition) is 2. The van der Waals surface area contributed by atoms with Gasteiger partial charge in [0.15, 0.2) is 6.29 Å². The lowest BCUT2D eigenvalue weighted by atomic mass is 9.85. The molecule has 1 aromatic rings. The van der Waals surface area contributed by atoms with Crippen LogP contribution in [-0.2, 0) is 15.9 Å². The van der Waals surface area contributed by atoms with Gasteiger partial charge in [-0.1, -0.05) is 24.3 Å². The highest BCUT2D eigenvalue weighted by molar-refractivity contribution is 5.38. The smallest absolute Gasteiger partial charge is 0.158 e. The maximum Gasteiger partial charge on any atom is 0.158 e. The Kier molecular flexibility index (Phi) is 2.47. The van der Waals surface area contributed by atoms with Crippen LogP contribution in [0.5, 0.6) is 0 Å². The Labute approximate surface area is 90.2 Å². The standard InChI is InChI=1S/C13H16O2/c1-2-6-11-10(5-1)9-12(11)15-13-7-3-4-8-14-13/h1-2,5-6,12-13H,3-4,7-9H2/t12-,13?/m0/s1. The van der Waals surface area contributed by atoms with E-state index in [2.05, 4.69) is 24.3 Å². The van der Waals surface area contributed by atoms with Crippen molar-refractivity contribution in [2.45, 2.75) is 38.1 Å². The van der Waals surface area contributed by atoms with Gasteiger partial charge in [-0.2, -0.15) is 0 Å². The molecule has 0 bridgehead atoms. The summed E-state index contributed by atoms with van der Waals surface area (Å²) in [6, 6.07) is 8.51. The van der Waals surface area contributed by atoms with Crippen LogP contribution in [0.3, 0.4) is 0 Å². The second-order valence-electron chi connectivity index (χ2n) is 4.32. The Hall–Kier alpha value is -0.860. The van der Waals surface area contributed by atoms with Crippen LogP contribution >= 0.6 is 0 Å². The van der Waals surface area contributed by atoms with E-state index < -0.39 is 0 Å². The molecule has 1 heterocycles. The zero-order valence-corrected chi connectivity index (χ0v) is 8.82. The highest BCUT2D eigenvalue weighted by Crippen LogP contribution is 2.37. The van der Waals surface area contributed by atoms with Gasteiger partial charge in [0, 0.05) is 13.0 Å². The van der Waals surface area contributed by atoms with Crippen LogP contribution in [0.1, 0.15) is 36.5 Å². The second-order valence-corrected chi connectivity index (χ2v) is 4.32. The molecule has 0 spiro atoms. The molecule has 1 aliphatic carbocycles. The summed E-state index contributed by atoms with van der Waals surface area (Å²) >= 11 is 0. The minimum atomic E-state index is 0.0390. The van der Waals surface area contributed by atoms with E-state index in [9.17, 15) is 0 Å². The van der Waals surface area contributed by atoms with Crippen LogP contribution in [0.2, 0.25) is 0 Å². The van der Waals surface area contributed by atoms with Gasteiger partial charge in [-0.05, 0) is 30.4 Å². The molecule has 1 fully saturated rings. The fourth-order valence-corrected chi connectivity index (χ4v) is 2.34. The molecule has 2 aliphatic rings. The van der Waals surface area contributed by atoms with Crippen LogP contribution in [0.4, 0.5) is 0 Å². The molecule has 1 aromatic carbocycles. The van der Waals surface area contributed by atoms with Gasteiger partial charge in [0.2, 0.25) is 0 Å². The number of fused-ring (bicyclic) bond motifs is 1. The Morgan fingerprint density at radius 1 is 1.20 bits per heavy atom. The van der Waals surface area contributed by atoms with E-state index in [-0.39, 0.29) is 12.4 Å². The van der Waals surface area contributed by atoms with Gasteiger partial charge >= 0.3 is 0 Å². The SMILES string of the molecule is c1ccc2c(c1)C[C@@H]2OC1CCCCO1. The summed E-state index contributed by atoms with van der Waals surface area (Å²) in [5.41, 5.74) is 2.78. The Morgan fingerprint density at radius 3 is 2.93 bits per heavy atom. The van der Waals surface area contributed by atoms with Gasteiger partial charge in [0.1, 0.15) is 0 Å². The Bertz CT molecular complexity index is 342. The van der Waals surface area contributed by atoms with Gasteiger partial charge < -0.3 is 9.47 Å². The average Bonchev–Trinajstić information content (AvgIpc) is 2.27. The summed E-state index contributed by atoms with van der Waals surface area (Å²) in [5.74, 6) is 0. The van der Waals surface area contributed by atoms with E-state index in [1.807, 2.05) is 0 Å². The molecule has 0 N–H and O–H groups in total. The fraction of sp³-hybridized carbons (Fsp3) is 0.538.